The molecular weight excluding hydrogens is 240 g/mol. The molecule has 0 saturated carbocycles. The van der Waals surface area contributed by atoms with E-state index in [1.807, 2.05) is 20.8 Å². The smallest absolute Gasteiger partial charge is 0.233 e. The van der Waals surface area contributed by atoms with Crippen LogP contribution in [0.3, 0.4) is 0 Å². The van der Waals surface area contributed by atoms with Gasteiger partial charge in [0.15, 0.2) is 5.82 Å². The second kappa shape index (κ2) is 4.87. The molecule has 6 nitrogen and oxygen atoms in total. The van der Waals surface area contributed by atoms with Crippen LogP contribution in [0, 0.1) is 0 Å². The monoisotopic (exact) mass is 258 g/mol. The molecule has 0 fully saturated rings. The van der Waals surface area contributed by atoms with Crippen LogP contribution in [-0.2, 0) is 10.0 Å². The molecule has 1 rings (SSSR count). The van der Waals surface area contributed by atoms with Crippen molar-refractivity contribution < 1.29 is 8.42 Å². The van der Waals surface area contributed by atoms with Crippen LogP contribution < -0.4 is 10.0 Å². The minimum atomic E-state index is -3.29. The standard InChI is InChI=1S/C10H18N4O2S/c1-5-17(15,16)14-9-7-6-8(12-13-9)11-10(2,3)4/h6-7H,5H2,1-4H3,(H,11,12)(H,13,14). The molecule has 1 aromatic heterocycles. The lowest BCUT2D eigenvalue weighted by molar-refractivity contribution is 0.602. The van der Waals surface area contributed by atoms with Gasteiger partial charge in [0.05, 0.1) is 5.75 Å². The summed E-state index contributed by atoms with van der Waals surface area (Å²) in [5.74, 6) is 0.847. The fourth-order valence-electron chi connectivity index (χ4n) is 1.07. The zero-order valence-corrected chi connectivity index (χ0v) is 11.3. The Hall–Kier alpha value is -1.37. The molecule has 0 atom stereocenters. The van der Waals surface area contributed by atoms with Gasteiger partial charge in [-0.1, -0.05) is 0 Å². The predicted octanol–water partition coefficient (Wildman–Crippen LogP) is 1.45. The van der Waals surface area contributed by atoms with Gasteiger partial charge in [0.1, 0.15) is 5.82 Å². The highest BCUT2D eigenvalue weighted by molar-refractivity contribution is 7.92. The van der Waals surface area contributed by atoms with E-state index in [1.165, 1.54) is 0 Å². The van der Waals surface area contributed by atoms with Gasteiger partial charge >= 0.3 is 0 Å². The second-order valence-corrected chi connectivity index (χ2v) is 6.70. The molecule has 96 valence electrons. The Balaban J connectivity index is 2.76. The van der Waals surface area contributed by atoms with Gasteiger partial charge < -0.3 is 5.32 Å². The average molecular weight is 258 g/mol. The molecule has 0 aliphatic heterocycles. The van der Waals surface area contributed by atoms with Gasteiger partial charge in [-0.05, 0) is 39.8 Å². The van der Waals surface area contributed by atoms with Crippen molar-refractivity contribution in [2.75, 3.05) is 15.8 Å². The van der Waals surface area contributed by atoms with Crippen LogP contribution in [0.2, 0.25) is 0 Å². The Bertz CT molecular complexity index is 462. The van der Waals surface area contributed by atoms with Gasteiger partial charge in [0.25, 0.3) is 0 Å². The first-order chi connectivity index (χ1) is 7.72. The summed E-state index contributed by atoms with van der Waals surface area (Å²) in [6, 6.07) is 3.26. The number of nitrogens with zero attached hydrogens (tertiary/aromatic N) is 2. The Kier molecular flexibility index (Phi) is 3.92. The molecule has 0 spiro atoms. The number of anilines is 2. The van der Waals surface area contributed by atoms with E-state index in [1.54, 1.807) is 19.1 Å². The van der Waals surface area contributed by atoms with Crippen molar-refractivity contribution in [3.63, 3.8) is 0 Å². The molecule has 0 saturated heterocycles. The van der Waals surface area contributed by atoms with Crippen molar-refractivity contribution in [1.82, 2.24) is 10.2 Å². The van der Waals surface area contributed by atoms with Crippen molar-refractivity contribution in [1.29, 1.82) is 0 Å². The molecule has 1 aromatic rings. The number of rotatable bonds is 4. The summed E-state index contributed by atoms with van der Waals surface area (Å²) in [6.45, 7) is 7.57. The molecule has 0 unspecified atom stereocenters. The summed E-state index contributed by atoms with van der Waals surface area (Å²) in [4.78, 5) is 0. The number of sulfonamides is 1. The molecule has 0 aromatic carbocycles. The Morgan fingerprint density at radius 1 is 1.18 bits per heavy atom. The van der Waals surface area contributed by atoms with Crippen molar-refractivity contribution in [3.05, 3.63) is 12.1 Å². The quantitative estimate of drug-likeness (QED) is 0.854. The first kappa shape index (κ1) is 13.7. The molecule has 0 radical (unpaired) electrons. The normalized spacial score (nSPS) is 12.2. The van der Waals surface area contributed by atoms with E-state index in [9.17, 15) is 8.42 Å². The van der Waals surface area contributed by atoms with Crippen LogP contribution in [0.1, 0.15) is 27.7 Å². The van der Waals surface area contributed by atoms with Crippen LogP contribution in [0.4, 0.5) is 11.6 Å². The van der Waals surface area contributed by atoms with E-state index < -0.39 is 10.0 Å². The topological polar surface area (TPSA) is 84.0 Å². The lowest BCUT2D eigenvalue weighted by Crippen LogP contribution is -2.27. The Morgan fingerprint density at radius 3 is 2.12 bits per heavy atom. The van der Waals surface area contributed by atoms with Gasteiger partial charge in [0.2, 0.25) is 10.0 Å². The minimum Gasteiger partial charge on any atom is -0.364 e. The first-order valence-corrected chi connectivity index (χ1v) is 6.99. The summed E-state index contributed by atoms with van der Waals surface area (Å²) < 4.78 is 24.9. The first-order valence-electron chi connectivity index (χ1n) is 5.34. The molecular formula is C10H18N4O2S. The maximum absolute atomic E-state index is 11.3. The lowest BCUT2D eigenvalue weighted by atomic mass is 10.1. The highest BCUT2D eigenvalue weighted by Crippen LogP contribution is 2.12. The number of nitrogens with one attached hydrogen (secondary N) is 2. The van der Waals surface area contributed by atoms with E-state index in [0.29, 0.717) is 5.82 Å². The average Bonchev–Trinajstić information content (AvgIpc) is 2.19. The van der Waals surface area contributed by atoms with Gasteiger partial charge in [-0.25, -0.2) is 8.42 Å². The summed E-state index contributed by atoms with van der Waals surface area (Å²) >= 11 is 0. The van der Waals surface area contributed by atoms with Crippen LogP contribution >= 0.6 is 0 Å². The number of hydrogen-bond donors (Lipinski definition) is 2. The SMILES string of the molecule is CCS(=O)(=O)Nc1ccc(NC(C)(C)C)nn1. The van der Waals surface area contributed by atoms with Crippen molar-refractivity contribution in [2.45, 2.75) is 33.2 Å². The molecule has 17 heavy (non-hydrogen) atoms. The van der Waals surface area contributed by atoms with E-state index in [4.69, 9.17) is 0 Å². The number of hydrogen-bond acceptors (Lipinski definition) is 5. The molecule has 7 heteroatoms. The third-order valence-corrected chi connectivity index (χ3v) is 3.09. The van der Waals surface area contributed by atoms with Gasteiger partial charge in [-0.2, -0.15) is 0 Å². The highest BCUT2D eigenvalue weighted by atomic mass is 32.2. The Morgan fingerprint density at radius 2 is 1.71 bits per heavy atom. The summed E-state index contributed by atoms with van der Waals surface area (Å²) in [6.07, 6.45) is 0. The molecule has 0 amide bonds. The third-order valence-electron chi connectivity index (χ3n) is 1.81. The third kappa shape index (κ3) is 4.99. The van der Waals surface area contributed by atoms with E-state index >= 15 is 0 Å². The van der Waals surface area contributed by atoms with Crippen LogP contribution in [-0.4, -0.2) is 29.9 Å². The van der Waals surface area contributed by atoms with Crippen LogP contribution in [0.15, 0.2) is 12.1 Å². The summed E-state index contributed by atoms with van der Waals surface area (Å²) in [5, 5.41) is 10.8. The van der Waals surface area contributed by atoms with E-state index in [-0.39, 0.29) is 17.1 Å². The molecule has 0 aliphatic carbocycles. The van der Waals surface area contributed by atoms with Crippen LogP contribution in [0.25, 0.3) is 0 Å². The Labute approximate surface area is 102 Å². The molecule has 2 N–H and O–H groups in total. The zero-order chi connectivity index (χ0) is 13.1. The van der Waals surface area contributed by atoms with Gasteiger partial charge in [-0.15, -0.1) is 10.2 Å². The van der Waals surface area contributed by atoms with Gasteiger partial charge in [-0.3, -0.25) is 4.72 Å². The van der Waals surface area contributed by atoms with Crippen molar-refractivity contribution >= 4 is 21.7 Å². The molecule has 0 bridgehead atoms. The minimum absolute atomic E-state index is 0.0106. The maximum atomic E-state index is 11.3. The predicted molar refractivity (Wildman–Crippen MR) is 68.5 cm³/mol. The van der Waals surface area contributed by atoms with Crippen LogP contribution in [0.5, 0.6) is 0 Å². The maximum Gasteiger partial charge on any atom is 0.233 e. The number of aromatic nitrogens is 2. The largest absolute Gasteiger partial charge is 0.364 e. The lowest BCUT2D eigenvalue weighted by Gasteiger charge is -2.20. The zero-order valence-electron chi connectivity index (χ0n) is 10.5. The van der Waals surface area contributed by atoms with E-state index in [2.05, 4.69) is 20.2 Å². The second-order valence-electron chi connectivity index (χ2n) is 4.68. The fourth-order valence-corrected chi connectivity index (χ4v) is 1.64. The van der Waals surface area contributed by atoms with Gasteiger partial charge in [0, 0.05) is 5.54 Å². The molecule has 0 aliphatic rings. The van der Waals surface area contributed by atoms with Crippen molar-refractivity contribution in [3.8, 4) is 0 Å². The highest BCUT2D eigenvalue weighted by Gasteiger charge is 2.11. The van der Waals surface area contributed by atoms with E-state index in [0.717, 1.165) is 0 Å². The summed E-state index contributed by atoms with van der Waals surface area (Å²) in [5.41, 5.74) is -0.112. The summed E-state index contributed by atoms with van der Waals surface area (Å²) in [7, 11) is -3.29. The molecule has 1 heterocycles. The fraction of sp³-hybridized carbons (Fsp3) is 0.600. The van der Waals surface area contributed by atoms with Crippen molar-refractivity contribution in [2.24, 2.45) is 0 Å².